The van der Waals surface area contributed by atoms with Crippen LogP contribution < -0.4 is 10.6 Å². The zero-order valence-corrected chi connectivity index (χ0v) is 22.5. The summed E-state index contributed by atoms with van der Waals surface area (Å²) in [5.41, 5.74) is 11.2. The van der Waals surface area contributed by atoms with Gasteiger partial charge in [0.05, 0.1) is 0 Å². The molecule has 2 aromatic carbocycles. The largest absolute Gasteiger partial charge is 0.356 e. The van der Waals surface area contributed by atoms with Gasteiger partial charge >= 0.3 is 0 Å². The summed E-state index contributed by atoms with van der Waals surface area (Å²) >= 11 is 0. The molecule has 2 N–H and O–H groups in total. The highest BCUT2D eigenvalue weighted by Crippen LogP contribution is 2.16. The number of amides is 2. The molecule has 0 fully saturated rings. The van der Waals surface area contributed by atoms with Crippen molar-refractivity contribution in [2.24, 2.45) is 5.11 Å². The summed E-state index contributed by atoms with van der Waals surface area (Å²) in [6.07, 6.45) is 6.11. The maximum Gasteiger partial charge on any atom is 0.267 e. The number of hydrogen-bond acceptors (Lipinski definition) is 6. The summed E-state index contributed by atoms with van der Waals surface area (Å²) < 4.78 is 10.3. The average molecular weight is 533 g/mol. The summed E-state index contributed by atoms with van der Waals surface area (Å²) in [6.45, 7) is 10.1. The molecule has 206 valence electrons. The predicted molar refractivity (Wildman–Crippen MR) is 153 cm³/mol. The SMILES string of the molecule is C=CCN(CC=C)Cc1ccc(C(=O)NC(=Cc2ccc(N=[N+]=[N-])cc2)C(=O)NCCCC(OC)OC)cc1. The Bertz CT molecular complexity index is 1160. The van der Waals surface area contributed by atoms with E-state index in [0.717, 1.165) is 18.7 Å². The van der Waals surface area contributed by atoms with Crippen LogP contribution in [0.2, 0.25) is 0 Å². The lowest BCUT2D eigenvalue weighted by molar-refractivity contribution is -0.118. The Morgan fingerprint density at radius 1 is 1.05 bits per heavy atom. The molecule has 0 unspecified atom stereocenters. The highest BCUT2D eigenvalue weighted by atomic mass is 16.7. The predicted octanol–water partition coefficient (Wildman–Crippen LogP) is 5.09. The molecule has 0 aliphatic heterocycles. The van der Waals surface area contributed by atoms with Gasteiger partial charge in [0.2, 0.25) is 0 Å². The first-order valence-corrected chi connectivity index (χ1v) is 12.5. The molecule has 0 radical (unpaired) electrons. The standard InChI is InChI=1S/C29H36N6O4/c1-5-18-35(19-6-2)21-23-9-13-24(14-10-23)28(36)32-26(20-22-11-15-25(16-12-22)33-34-30)29(37)31-17-7-8-27(38-3)39-4/h5-6,9-16,20,27H,1-2,7-8,17-19,21H2,3-4H3,(H,31,37)(H,32,36). The van der Waals surface area contributed by atoms with Crippen LogP contribution in [-0.2, 0) is 20.8 Å². The van der Waals surface area contributed by atoms with Crippen LogP contribution >= 0.6 is 0 Å². The number of carbonyl (C=O) groups is 2. The van der Waals surface area contributed by atoms with E-state index in [1.54, 1.807) is 56.7 Å². The van der Waals surface area contributed by atoms with Gasteiger partial charge in [-0.1, -0.05) is 53.7 Å². The maximum atomic E-state index is 13.1. The number of methoxy groups -OCH3 is 2. The van der Waals surface area contributed by atoms with Crippen LogP contribution in [0.4, 0.5) is 5.69 Å². The Hall–Kier alpha value is -4.21. The lowest BCUT2D eigenvalue weighted by Gasteiger charge is -2.18. The third-order valence-corrected chi connectivity index (χ3v) is 5.68. The minimum atomic E-state index is -0.435. The first kappa shape index (κ1) is 31.0. The Morgan fingerprint density at radius 3 is 2.26 bits per heavy atom. The van der Waals surface area contributed by atoms with E-state index in [0.29, 0.717) is 42.7 Å². The van der Waals surface area contributed by atoms with E-state index in [9.17, 15) is 9.59 Å². The zero-order valence-electron chi connectivity index (χ0n) is 22.5. The Morgan fingerprint density at radius 2 is 1.69 bits per heavy atom. The molecule has 39 heavy (non-hydrogen) atoms. The number of hydrogen-bond donors (Lipinski definition) is 2. The van der Waals surface area contributed by atoms with E-state index in [1.165, 1.54) is 0 Å². The normalized spacial score (nSPS) is 11.1. The number of nitrogens with one attached hydrogen (secondary N) is 2. The van der Waals surface area contributed by atoms with Gasteiger partial charge in [-0.15, -0.1) is 13.2 Å². The van der Waals surface area contributed by atoms with Crippen molar-refractivity contribution >= 4 is 23.6 Å². The number of nitrogens with zero attached hydrogens (tertiary/aromatic N) is 4. The third kappa shape index (κ3) is 11.0. The molecule has 2 amide bonds. The Kier molecular flexibility index (Phi) is 13.8. The second kappa shape index (κ2) is 17.3. The van der Waals surface area contributed by atoms with E-state index in [2.05, 4.69) is 38.7 Å². The van der Waals surface area contributed by atoms with Crippen molar-refractivity contribution in [1.29, 1.82) is 0 Å². The number of azide groups is 1. The first-order chi connectivity index (χ1) is 18.9. The molecule has 10 nitrogen and oxygen atoms in total. The Balaban J connectivity index is 2.16. The number of ether oxygens (including phenoxy) is 2. The molecular formula is C29H36N6O4. The van der Waals surface area contributed by atoms with E-state index in [1.807, 2.05) is 24.3 Å². The van der Waals surface area contributed by atoms with Gasteiger partial charge in [-0.2, -0.15) is 0 Å². The van der Waals surface area contributed by atoms with E-state index < -0.39 is 11.8 Å². The highest BCUT2D eigenvalue weighted by molar-refractivity contribution is 6.05. The minimum absolute atomic E-state index is 0.0822. The summed E-state index contributed by atoms with van der Waals surface area (Å²) in [5.74, 6) is -0.850. The second-order valence-corrected chi connectivity index (χ2v) is 8.56. The van der Waals surface area contributed by atoms with Gasteiger partial charge in [0, 0.05) is 63.0 Å². The van der Waals surface area contributed by atoms with E-state index in [4.69, 9.17) is 15.0 Å². The zero-order chi connectivity index (χ0) is 28.5. The van der Waals surface area contributed by atoms with Crippen molar-refractivity contribution in [3.05, 3.63) is 107 Å². The monoisotopic (exact) mass is 532 g/mol. The third-order valence-electron chi connectivity index (χ3n) is 5.68. The fraction of sp³-hybridized carbons (Fsp3) is 0.310. The number of carbonyl (C=O) groups excluding carboxylic acids is 2. The molecule has 0 aliphatic carbocycles. The molecule has 0 spiro atoms. The van der Waals surface area contributed by atoms with Crippen molar-refractivity contribution in [2.75, 3.05) is 33.9 Å². The van der Waals surface area contributed by atoms with Gasteiger partial charge in [0.25, 0.3) is 11.8 Å². The Labute approximate surface area is 229 Å². The fourth-order valence-electron chi connectivity index (χ4n) is 3.69. The molecule has 0 atom stereocenters. The van der Waals surface area contributed by atoms with Crippen molar-refractivity contribution in [3.8, 4) is 0 Å². The first-order valence-electron chi connectivity index (χ1n) is 12.5. The van der Waals surface area contributed by atoms with Crippen LogP contribution in [0, 0.1) is 0 Å². The molecule has 2 rings (SSSR count). The van der Waals surface area contributed by atoms with E-state index in [-0.39, 0.29) is 12.0 Å². The molecule has 0 bridgehead atoms. The molecular weight excluding hydrogens is 496 g/mol. The molecule has 0 heterocycles. The fourth-order valence-corrected chi connectivity index (χ4v) is 3.69. The van der Waals surface area contributed by atoms with Crippen molar-refractivity contribution in [3.63, 3.8) is 0 Å². The molecule has 0 saturated heterocycles. The summed E-state index contributed by atoms with van der Waals surface area (Å²) in [5, 5.41) is 9.12. The molecule has 2 aromatic rings. The van der Waals surface area contributed by atoms with Gasteiger partial charge in [-0.3, -0.25) is 14.5 Å². The van der Waals surface area contributed by atoms with Crippen LogP contribution in [0.1, 0.15) is 34.3 Å². The van der Waals surface area contributed by atoms with Gasteiger partial charge in [-0.25, -0.2) is 0 Å². The van der Waals surface area contributed by atoms with E-state index >= 15 is 0 Å². The van der Waals surface area contributed by atoms with Crippen molar-refractivity contribution in [1.82, 2.24) is 15.5 Å². The summed E-state index contributed by atoms with van der Waals surface area (Å²) in [6, 6.07) is 13.9. The van der Waals surface area contributed by atoms with Crippen LogP contribution in [-0.4, -0.2) is 56.9 Å². The van der Waals surface area contributed by atoms with Gasteiger partial charge in [-0.05, 0) is 41.3 Å². The topological polar surface area (TPSA) is 129 Å². The quantitative estimate of drug-likeness (QED) is 0.0558. The number of rotatable bonds is 17. The minimum Gasteiger partial charge on any atom is -0.356 e. The summed E-state index contributed by atoms with van der Waals surface area (Å²) in [7, 11) is 3.11. The lowest BCUT2D eigenvalue weighted by Crippen LogP contribution is -2.35. The van der Waals surface area contributed by atoms with Crippen LogP contribution in [0.15, 0.2) is 84.7 Å². The van der Waals surface area contributed by atoms with Crippen molar-refractivity contribution in [2.45, 2.75) is 25.7 Å². The molecule has 0 aromatic heterocycles. The second-order valence-electron chi connectivity index (χ2n) is 8.56. The van der Waals surface area contributed by atoms with Gasteiger partial charge in [0.15, 0.2) is 6.29 Å². The van der Waals surface area contributed by atoms with Crippen LogP contribution in [0.25, 0.3) is 16.5 Å². The molecule has 0 saturated carbocycles. The molecule has 0 aliphatic rings. The lowest BCUT2D eigenvalue weighted by atomic mass is 10.1. The maximum absolute atomic E-state index is 13.1. The smallest absolute Gasteiger partial charge is 0.267 e. The van der Waals surface area contributed by atoms with Crippen LogP contribution in [0.3, 0.4) is 0 Å². The van der Waals surface area contributed by atoms with Gasteiger partial charge < -0.3 is 20.1 Å². The van der Waals surface area contributed by atoms with Gasteiger partial charge in [0.1, 0.15) is 5.70 Å². The highest BCUT2D eigenvalue weighted by Gasteiger charge is 2.15. The number of benzene rings is 2. The average Bonchev–Trinajstić information content (AvgIpc) is 2.94. The molecule has 10 heteroatoms. The van der Waals surface area contributed by atoms with Crippen LogP contribution in [0.5, 0.6) is 0 Å². The van der Waals surface area contributed by atoms with Crippen molar-refractivity contribution < 1.29 is 19.1 Å². The summed E-state index contributed by atoms with van der Waals surface area (Å²) in [4.78, 5) is 31.0.